The number of thiophene rings is 1. The highest BCUT2D eigenvalue weighted by Gasteiger charge is 2.37. The summed E-state index contributed by atoms with van der Waals surface area (Å²) in [5, 5.41) is 14.3. The lowest BCUT2D eigenvalue weighted by Crippen LogP contribution is -2.56. The minimum Gasteiger partial charge on any atom is -0.394 e. The zero-order valence-electron chi connectivity index (χ0n) is 9.95. The zero-order chi connectivity index (χ0) is 12.1. The summed E-state index contributed by atoms with van der Waals surface area (Å²) < 4.78 is 0. The van der Waals surface area contributed by atoms with E-state index in [0.717, 1.165) is 32.1 Å². The molecule has 94 valence electrons. The van der Waals surface area contributed by atoms with Crippen molar-refractivity contribution in [2.24, 2.45) is 0 Å². The van der Waals surface area contributed by atoms with Crippen LogP contribution in [0, 0.1) is 0 Å². The third-order valence-electron chi connectivity index (χ3n) is 3.43. The van der Waals surface area contributed by atoms with Gasteiger partial charge in [-0.1, -0.05) is 6.07 Å². The molecule has 0 radical (unpaired) electrons. The molecule has 0 aliphatic heterocycles. The minimum absolute atomic E-state index is 0.0731. The van der Waals surface area contributed by atoms with Crippen LogP contribution in [0.15, 0.2) is 17.5 Å². The van der Waals surface area contributed by atoms with Crippen molar-refractivity contribution < 1.29 is 9.90 Å². The van der Waals surface area contributed by atoms with E-state index in [1.807, 2.05) is 6.07 Å². The van der Waals surface area contributed by atoms with Crippen LogP contribution in [0.1, 0.15) is 37.0 Å². The number of hydrogen-bond acceptors (Lipinski definition) is 3. The molecule has 0 atom stereocenters. The van der Waals surface area contributed by atoms with Crippen molar-refractivity contribution in [2.75, 3.05) is 6.61 Å². The molecule has 0 saturated heterocycles. The van der Waals surface area contributed by atoms with E-state index < -0.39 is 0 Å². The van der Waals surface area contributed by atoms with E-state index in [1.165, 1.54) is 4.88 Å². The van der Waals surface area contributed by atoms with Crippen LogP contribution in [0.4, 0.5) is 0 Å². The van der Waals surface area contributed by atoms with Crippen molar-refractivity contribution >= 4 is 17.2 Å². The SMILES string of the molecule is O=C(CCCc1cccs1)NC1(CO)CCC1. The van der Waals surface area contributed by atoms with Gasteiger partial charge in [0, 0.05) is 11.3 Å². The first kappa shape index (κ1) is 12.6. The first-order chi connectivity index (χ1) is 8.24. The monoisotopic (exact) mass is 253 g/mol. The Morgan fingerprint density at radius 1 is 1.53 bits per heavy atom. The Kier molecular flexibility index (Phi) is 4.18. The van der Waals surface area contributed by atoms with Crippen LogP contribution in [0.3, 0.4) is 0 Å². The molecule has 3 nitrogen and oxygen atoms in total. The summed E-state index contributed by atoms with van der Waals surface area (Å²) in [5.74, 6) is 0.0790. The number of carbonyl (C=O) groups excluding carboxylic acids is 1. The van der Waals surface area contributed by atoms with Gasteiger partial charge >= 0.3 is 0 Å². The lowest BCUT2D eigenvalue weighted by molar-refractivity contribution is -0.125. The first-order valence-corrected chi connectivity index (χ1v) is 7.06. The van der Waals surface area contributed by atoms with Gasteiger partial charge in [-0.15, -0.1) is 11.3 Å². The van der Waals surface area contributed by atoms with Gasteiger partial charge in [0.2, 0.25) is 5.91 Å². The summed E-state index contributed by atoms with van der Waals surface area (Å²) in [6.07, 6.45) is 5.35. The third-order valence-corrected chi connectivity index (χ3v) is 4.36. The molecule has 4 heteroatoms. The fraction of sp³-hybridized carbons (Fsp3) is 0.615. The van der Waals surface area contributed by atoms with Crippen LogP contribution < -0.4 is 5.32 Å². The van der Waals surface area contributed by atoms with Gasteiger partial charge in [-0.3, -0.25) is 4.79 Å². The molecule has 1 fully saturated rings. The smallest absolute Gasteiger partial charge is 0.220 e. The van der Waals surface area contributed by atoms with Crippen LogP contribution in [0.25, 0.3) is 0 Å². The van der Waals surface area contributed by atoms with E-state index in [1.54, 1.807) is 11.3 Å². The number of carbonyl (C=O) groups is 1. The summed E-state index contributed by atoms with van der Waals surface area (Å²) in [5.41, 5.74) is -0.292. The Morgan fingerprint density at radius 3 is 2.88 bits per heavy atom. The minimum atomic E-state index is -0.292. The van der Waals surface area contributed by atoms with Gasteiger partial charge in [0.1, 0.15) is 0 Å². The number of hydrogen-bond donors (Lipinski definition) is 2. The highest BCUT2D eigenvalue weighted by Crippen LogP contribution is 2.31. The molecular weight excluding hydrogens is 234 g/mol. The lowest BCUT2D eigenvalue weighted by Gasteiger charge is -2.41. The molecule has 1 aliphatic carbocycles. The molecule has 0 unspecified atom stereocenters. The summed E-state index contributed by atoms with van der Waals surface area (Å²) >= 11 is 1.74. The van der Waals surface area contributed by atoms with Gasteiger partial charge in [-0.2, -0.15) is 0 Å². The second kappa shape index (κ2) is 5.65. The summed E-state index contributed by atoms with van der Waals surface area (Å²) in [7, 11) is 0. The molecule has 0 spiro atoms. The maximum absolute atomic E-state index is 11.7. The lowest BCUT2D eigenvalue weighted by atomic mass is 9.77. The van der Waals surface area contributed by atoms with Crippen molar-refractivity contribution in [3.05, 3.63) is 22.4 Å². The highest BCUT2D eigenvalue weighted by molar-refractivity contribution is 7.09. The molecule has 1 saturated carbocycles. The fourth-order valence-corrected chi connectivity index (χ4v) is 2.91. The molecule has 1 heterocycles. The summed E-state index contributed by atoms with van der Waals surface area (Å²) in [6.45, 7) is 0.0731. The van der Waals surface area contributed by atoms with Gasteiger partial charge in [0.15, 0.2) is 0 Å². The molecule has 0 aromatic carbocycles. The predicted octanol–water partition coefficient (Wildman–Crippen LogP) is 2.10. The van der Waals surface area contributed by atoms with Crippen molar-refractivity contribution in [3.63, 3.8) is 0 Å². The number of rotatable bonds is 6. The number of aliphatic hydroxyl groups excluding tert-OH is 1. The van der Waals surface area contributed by atoms with Crippen molar-refractivity contribution in [3.8, 4) is 0 Å². The quantitative estimate of drug-likeness (QED) is 0.815. The van der Waals surface area contributed by atoms with E-state index in [9.17, 15) is 9.90 Å². The molecule has 1 aromatic rings. The Labute approximate surface area is 106 Å². The van der Waals surface area contributed by atoms with Crippen molar-refractivity contribution in [1.82, 2.24) is 5.32 Å². The molecule has 17 heavy (non-hydrogen) atoms. The second-order valence-corrected chi connectivity index (χ2v) is 5.81. The Hall–Kier alpha value is -0.870. The van der Waals surface area contributed by atoms with Gasteiger partial charge in [-0.05, 0) is 43.6 Å². The van der Waals surface area contributed by atoms with Crippen LogP contribution in [0.2, 0.25) is 0 Å². The van der Waals surface area contributed by atoms with Crippen LogP contribution >= 0.6 is 11.3 Å². The number of aliphatic hydroxyl groups is 1. The van der Waals surface area contributed by atoms with Gasteiger partial charge < -0.3 is 10.4 Å². The van der Waals surface area contributed by atoms with Gasteiger partial charge in [0.25, 0.3) is 0 Å². The van der Waals surface area contributed by atoms with Gasteiger partial charge in [-0.25, -0.2) is 0 Å². The van der Waals surface area contributed by atoms with Crippen LogP contribution in [-0.4, -0.2) is 23.2 Å². The number of aryl methyl sites for hydroxylation is 1. The average Bonchev–Trinajstić information content (AvgIpc) is 2.76. The molecule has 1 aliphatic rings. The number of amides is 1. The second-order valence-electron chi connectivity index (χ2n) is 4.77. The van der Waals surface area contributed by atoms with E-state index in [-0.39, 0.29) is 18.1 Å². The van der Waals surface area contributed by atoms with Crippen LogP contribution in [-0.2, 0) is 11.2 Å². The maximum Gasteiger partial charge on any atom is 0.220 e. The Bertz CT molecular complexity index is 352. The zero-order valence-corrected chi connectivity index (χ0v) is 10.8. The van der Waals surface area contributed by atoms with E-state index in [2.05, 4.69) is 16.8 Å². The topological polar surface area (TPSA) is 49.3 Å². The van der Waals surface area contributed by atoms with Crippen molar-refractivity contribution in [1.29, 1.82) is 0 Å². The highest BCUT2D eigenvalue weighted by atomic mass is 32.1. The molecule has 1 amide bonds. The molecule has 2 N–H and O–H groups in total. The third kappa shape index (κ3) is 3.30. The summed E-state index contributed by atoms with van der Waals surface area (Å²) in [6, 6.07) is 4.14. The normalized spacial score (nSPS) is 17.5. The fourth-order valence-electron chi connectivity index (χ4n) is 2.16. The standard InChI is InChI=1S/C13H19NO2S/c15-10-13(7-3-8-13)14-12(16)6-1-4-11-5-2-9-17-11/h2,5,9,15H,1,3-4,6-8,10H2,(H,14,16). The average molecular weight is 253 g/mol. The molecule has 2 rings (SSSR count). The van der Waals surface area contributed by atoms with E-state index in [0.29, 0.717) is 6.42 Å². The van der Waals surface area contributed by atoms with Crippen molar-refractivity contribution in [2.45, 2.75) is 44.1 Å². The van der Waals surface area contributed by atoms with E-state index >= 15 is 0 Å². The van der Waals surface area contributed by atoms with Gasteiger partial charge in [0.05, 0.1) is 12.1 Å². The number of nitrogens with one attached hydrogen (secondary N) is 1. The first-order valence-electron chi connectivity index (χ1n) is 6.18. The van der Waals surface area contributed by atoms with Crippen LogP contribution in [0.5, 0.6) is 0 Å². The Morgan fingerprint density at radius 2 is 2.35 bits per heavy atom. The Balaban J connectivity index is 1.67. The van der Waals surface area contributed by atoms with E-state index in [4.69, 9.17) is 0 Å². The molecular formula is C13H19NO2S. The molecule has 0 bridgehead atoms. The summed E-state index contributed by atoms with van der Waals surface area (Å²) in [4.78, 5) is 13.1. The predicted molar refractivity (Wildman–Crippen MR) is 69.1 cm³/mol. The maximum atomic E-state index is 11.7. The molecule has 1 aromatic heterocycles. The largest absolute Gasteiger partial charge is 0.394 e.